The number of hydrogen-bond donors (Lipinski definition) is 0. The second-order valence-corrected chi connectivity index (χ2v) is 8.35. The van der Waals surface area contributed by atoms with Crippen molar-refractivity contribution in [3.8, 4) is 0 Å². The normalized spacial score (nSPS) is 11.5. The summed E-state index contributed by atoms with van der Waals surface area (Å²) < 4.78 is 42.1. The van der Waals surface area contributed by atoms with Gasteiger partial charge in [0.15, 0.2) is 0 Å². The van der Waals surface area contributed by atoms with Gasteiger partial charge in [-0.3, -0.25) is 9.10 Å². The molecule has 6 heteroatoms. The zero-order valence-corrected chi connectivity index (χ0v) is 16.6. The molecule has 0 aliphatic rings. The number of aldehydes is 1. The lowest BCUT2D eigenvalue weighted by Gasteiger charge is -2.24. The summed E-state index contributed by atoms with van der Waals surface area (Å²) in [7, 11) is -4.05. The number of sulfonamides is 1. The lowest BCUT2D eigenvalue weighted by Crippen LogP contribution is -2.32. The first-order chi connectivity index (χ1) is 13.9. The molecule has 0 unspecified atom stereocenters. The number of benzene rings is 3. The minimum Gasteiger partial charge on any atom is -0.298 e. The van der Waals surface area contributed by atoms with Crippen LogP contribution in [-0.2, 0) is 10.0 Å². The quantitative estimate of drug-likeness (QED) is 0.524. The second kappa shape index (κ2) is 8.84. The van der Waals surface area contributed by atoms with Crippen LogP contribution in [0.15, 0.2) is 83.8 Å². The van der Waals surface area contributed by atoms with Gasteiger partial charge in [0.1, 0.15) is 12.1 Å². The minimum absolute atomic E-state index is 0.0483. The highest BCUT2D eigenvalue weighted by Gasteiger charge is 2.26. The molecule has 3 rings (SSSR count). The van der Waals surface area contributed by atoms with Gasteiger partial charge in [0.05, 0.1) is 17.1 Å². The SMILES string of the molecule is Cc1ccc(S(=O)(=O)N(CC=Cc2ccccc2)c2cc(C=O)ccc2F)cc1. The summed E-state index contributed by atoms with van der Waals surface area (Å²) in [6, 6.07) is 19.4. The summed E-state index contributed by atoms with van der Waals surface area (Å²) in [5.74, 6) is -0.723. The van der Waals surface area contributed by atoms with E-state index in [2.05, 4.69) is 0 Å². The van der Waals surface area contributed by atoms with E-state index >= 15 is 0 Å². The number of halogens is 1. The van der Waals surface area contributed by atoms with Crippen LogP contribution < -0.4 is 4.31 Å². The molecule has 0 heterocycles. The van der Waals surface area contributed by atoms with Crippen LogP contribution in [0.25, 0.3) is 6.08 Å². The third kappa shape index (κ3) is 4.78. The van der Waals surface area contributed by atoms with Crippen molar-refractivity contribution in [1.29, 1.82) is 0 Å². The van der Waals surface area contributed by atoms with Crippen LogP contribution in [0.5, 0.6) is 0 Å². The van der Waals surface area contributed by atoms with Gasteiger partial charge in [0.25, 0.3) is 10.0 Å². The van der Waals surface area contributed by atoms with Gasteiger partial charge in [-0.15, -0.1) is 0 Å². The molecular formula is C23H20FNO3S. The molecule has 0 N–H and O–H groups in total. The highest BCUT2D eigenvalue weighted by Crippen LogP contribution is 2.27. The third-order valence-corrected chi connectivity index (χ3v) is 6.16. The minimum atomic E-state index is -4.05. The Morgan fingerprint density at radius 2 is 1.62 bits per heavy atom. The highest BCUT2D eigenvalue weighted by atomic mass is 32.2. The Morgan fingerprint density at radius 3 is 2.28 bits per heavy atom. The molecule has 3 aromatic carbocycles. The van der Waals surface area contributed by atoms with Gasteiger partial charge >= 0.3 is 0 Å². The monoisotopic (exact) mass is 409 g/mol. The molecule has 0 aliphatic carbocycles. The number of anilines is 1. The first-order valence-corrected chi connectivity index (χ1v) is 10.4. The molecule has 0 saturated heterocycles. The number of hydrogen-bond acceptors (Lipinski definition) is 3. The van der Waals surface area contributed by atoms with E-state index in [-0.39, 0.29) is 22.7 Å². The van der Waals surface area contributed by atoms with E-state index in [1.807, 2.05) is 37.3 Å². The predicted octanol–water partition coefficient (Wildman–Crippen LogP) is 4.86. The molecular weight excluding hydrogens is 389 g/mol. The van der Waals surface area contributed by atoms with Crippen molar-refractivity contribution < 1.29 is 17.6 Å². The van der Waals surface area contributed by atoms with Crippen molar-refractivity contribution in [3.63, 3.8) is 0 Å². The maximum absolute atomic E-state index is 14.6. The first-order valence-electron chi connectivity index (χ1n) is 8.97. The second-order valence-electron chi connectivity index (χ2n) is 6.49. The van der Waals surface area contributed by atoms with E-state index in [1.54, 1.807) is 24.3 Å². The van der Waals surface area contributed by atoms with E-state index in [9.17, 15) is 17.6 Å². The van der Waals surface area contributed by atoms with E-state index in [0.29, 0.717) is 6.29 Å². The van der Waals surface area contributed by atoms with Gasteiger partial charge in [-0.05, 0) is 42.8 Å². The number of rotatable bonds is 7. The molecule has 0 bridgehead atoms. The fraction of sp³-hybridized carbons (Fsp3) is 0.0870. The number of aryl methyl sites for hydroxylation is 1. The predicted molar refractivity (Wildman–Crippen MR) is 113 cm³/mol. The molecule has 4 nitrogen and oxygen atoms in total. The van der Waals surface area contributed by atoms with Crippen LogP contribution in [0.4, 0.5) is 10.1 Å². The van der Waals surface area contributed by atoms with E-state index in [0.717, 1.165) is 21.5 Å². The Balaban J connectivity index is 2.05. The molecule has 0 saturated carbocycles. The summed E-state index contributed by atoms with van der Waals surface area (Å²) in [5.41, 5.74) is 1.82. The smallest absolute Gasteiger partial charge is 0.264 e. The molecule has 0 radical (unpaired) electrons. The Kier molecular flexibility index (Phi) is 6.24. The van der Waals surface area contributed by atoms with Crippen LogP contribution in [-0.4, -0.2) is 21.2 Å². The lowest BCUT2D eigenvalue weighted by atomic mass is 10.2. The van der Waals surface area contributed by atoms with Crippen LogP contribution >= 0.6 is 0 Å². The zero-order valence-electron chi connectivity index (χ0n) is 15.8. The van der Waals surface area contributed by atoms with Gasteiger partial charge in [-0.25, -0.2) is 12.8 Å². The Labute approximate surface area is 170 Å². The van der Waals surface area contributed by atoms with Crippen molar-refractivity contribution in [3.05, 3.63) is 101 Å². The number of carbonyl (C=O) groups excluding carboxylic acids is 1. The van der Waals surface area contributed by atoms with Crippen molar-refractivity contribution in [2.45, 2.75) is 11.8 Å². The molecule has 0 spiro atoms. The molecule has 29 heavy (non-hydrogen) atoms. The van der Waals surface area contributed by atoms with E-state index < -0.39 is 15.8 Å². The van der Waals surface area contributed by atoms with Crippen molar-refractivity contribution >= 4 is 28.1 Å². The average Bonchev–Trinajstić information content (AvgIpc) is 2.73. The van der Waals surface area contributed by atoms with Crippen LogP contribution in [0.2, 0.25) is 0 Å². The fourth-order valence-corrected chi connectivity index (χ4v) is 4.22. The molecule has 0 aromatic heterocycles. The molecule has 0 aliphatic heterocycles. The van der Waals surface area contributed by atoms with E-state index in [4.69, 9.17) is 0 Å². The van der Waals surface area contributed by atoms with Gasteiger partial charge in [-0.2, -0.15) is 0 Å². The molecule has 0 amide bonds. The molecule has 0 fully saturated rings. The van der Waals surface area contributed by atoms with Crippen molar-refractivity contribution in [2.24, 2.45) is 0 Å². The average molecular weight is 409 g/mol. The largest absolute Gasteiger partial charge is 0.298 e. The summed E-state index contributed by atoms with van der Waals surface area (Å²) >= 11 is 0. The van der Waals surface area contributed by atoms with Crippen LogP contribution in [0, 0.1) is 12.7 Å². The highest BCUT2D eigenvalue weighted by molar-refractivity contribution is 7.92. The van der Waals surface area contributed by atoms with Crippen molar-refractivity contribution in [1.82, 2.24) is 0 Å². The fourth-order valence-electron chi connectivity index (χ4n) is 2.81. The van der Waals surface area contributed by atoms with Gasteiger partial charge in [0, 0.05) is 5.56 Å². The number of nitrogens with zero attached hydrogens (tertiary/aromatic N) is 1. The lowest BCUT2D eigenvalue weighted by molar-refractivity contribution is 0.112. The molecule has 0 atom stereocenters. The molecule has 3 aromatic rings. The summed E-state index contributed by atoms with van der Waals surface area (Å²) in [4.78, 5) is 11.2. The number of carbonyl (C=O) groups is 1. The topological polar surface area (TPSA) is 54.5 Å². The summed E-state index contributed by atoms with van der Waals surface area (Å²) in [6.45, 7) is 1.76. The van der Waals surface area contributed by atoms with Gasteiger partial charge in [-0.1, -0.05) is 60.2 Å². The van der Waals surface area contributed by atoms with Crippen LogP contribution in [0.3, 0.4) is 0 Å². The van der Waals surface area contributed by atoms with Crippen molar-refractivity contribution in [2.75, 3.05) is 10.8 Å². The Hall–Kier alpha value is -3.25. The summed E-state index contributed by atoms with van der Waals surface area (Å²) in [6.07, 6.45) is 3.96. The zero-order chi connectivity index (χ0) is 20.9. The Bertz CT molecular complexity index is 1120. The summed E-state index contributed by atoms with van der Waals surface area (Å²) in [5, 5.41) is 0. The maximum Gasteiger partial charge on any atom is 0.264 e. The van der Waals surface area contributed by atoms with Gasteiger partial charge < -0.3 is 0 Å². The van der Waals surface area contributed by atoms with Gasteiger partial charge in [0.2, 0.25) is 0 Å². The van der Waals surface area contributed by atoms with E-state index in [1.165, 1.54) is 24.3 Å². The molecule has 148 valence electrons. The van der Waals surface area contributed by atoms with Crippen LogP contribution in [0.1, 0.15) is 21.5 Å². The maximum atomic E-state index is 14.6. The third-order valence-electron chi connectivity index (χ3n) is 4.37. The Morgan fingerprint density at radius 1 is 0.931 bits per heavy atom. The standard InChI is InChI=1S/C23H20FNO3S/c1-18-9-12-21(13-10-18)29(27,28)25(15-5-8-19-6-3-2-4-7-19)23-16-20(17-26)11-14-22(23)24/h2-14,16-17H,15H2,1H3. The first kappa shape index (κ1) is 20.5.